The van der Waals surface area contributed by atoms with Gasteiger partial charge < -0.3 is 9.47 Å². The molecule has 0 rings (SSSR count). The van der Waals surface area contributed by atoms with Crippen LogP contribution < -0.4 is 0 Å². The first kappa shape index (κ1) is 10.9. The molecule has 0 aliphatic carbocycles. The summed E-state index contributed by atoms with van der Waals surface area (Å²) in [5.74, 6) is 0. The number of aliphatic imine (C=N–C) groups is 1. The van der Waals surface area contributed by atoms with Crippen LogP contribution >= 0.6 is 0 Å². The van der Waals surface area contributed by atoms with Gasteiger partial charge in [-0.25, -0.2) is 4.79 Å². The average molecular weight is 173 g/mol. The molecule has 0 heterocycles. The molecule has 0 aliphatic rings. The molecule has 0 N–H and O–H groups in total. The van der Waals surface area contributed by atoms with Gasteiger partial charge in [-0.05, 0) is 27.7 Å². The molecule has 0 fully saturated rings. The molecule has 0 spiro atoms. The molecule has 0 saturated heterocycles. The number of nitrogens with zero attached hydrogens (tertiary/aromatic N) is 1. The molecule has 0 aromatic heterocycles. The second-order valence-corrected chi connectivity index (χ2v) is 2.85. The van der Waals surface area contributed by atoms with Crippen molar-refractivity contribution in [1.29, 1.82) is 0 Å². The van der Waals surface area contributed by atoms with Crippen LogP contribution in [0.25, 0.3) is 0 Å². The maximum Gasteiger partial charge on any atom is 0.436 e. The van der Waals surface area contributed by atoms with E-state index in [9.17, 15) is 4.79 Å². The summed E-state index contributed by atoms with van der Waals surface area (Å²) in [6.45, 7) is 7.22. The van der Waals surface area contributed by atoms with Gasteiger partial charge in [0.05, 0.1) is 12.2 Å². The average Bonchev–Trinajstić information content (AvgIpc) is 1.84. The Morgan fingerprint density at radius 2 is 1.83 bits per heavy atom. The van der Waals surface area contributed by atoms with Gasteiger partial charge in [0.15, 0.2) is 6.40 Å². The Hall–Kier alpha value is -1.06. The number of rotatable bonds is 3. The van der Waals surface area contributed by atoms with Crippen LogP contribution in [0.15, 0.2) is 4.99 Å². The Labute approximate surface area is 72.6 Å². The maximum atomic E-state index is 10.7. The molecule has 1 amide bonds. The zero-order chi connectivity index (χ0) is 9.56. The standard InChI is InChI=1S/C8H15NO3/c1-6(2)11-5-9-8(10)12-7(3)4/h5-7H,1-4H3. The number of carbonyl (C=O) groups is 1. The first-order valence-corrected chi connectivity index (χ1v) is 3.91. The van der Waals surface area contributed by atoms with Gasteiger partial charge in [0, 0.05) is 0 Å². The Balaban J connectivity index is 3.61. The zero-order valence-electron chi connectivity index (χ0n) is 7.90. The van der Waals surface area contributed by atoms with E-state index in [0.29, 0.717) is 0 Å². The van der Waals surface area contributed by atoms with E-state index in [4.69, 9.17) is 9.47 Å². The molecule has 0 bridgehead atoms. The normalized spacial score (nSPS) is 11.2. The van der Waals surface area contributed by atoms with Gasteiger partial charge in [0.25, 0.3) is 0 Å². The van der Waals surface area contributed by atoms with Gasteiger partial charge in [-0.1, -0.05) is 0 Å². The third-order valence-electron chi connectivity index (χ3n) is 0.828. The summed E-state index contributed by atoms with van der Waals surface area (Å²) in [6, 6.07) is 0. The molecule has 4 heteroatoms. The summed E-state index contributed by atoms with van der Waals surface area (Å²) < 4.78 is 9.62. The summed E-state index contributed by atoms with van der Waals surface area (Å²) in [5.41, 5.74) is 0. The Bertz CT molecular complexity index is 164. The molecule has 0 atom stereocenters. The number of hydrogen-bond acceptors (Lipinski definition) is 3. The molecule has 0 radical (unpaired) electrons. The Morgan fingerprint density at radius 1 is 1.25 bits per heavy atom. The summed E-state index contributed by atoms with van der Waals surface area (Å²) in [6.07, 6.45) is 0.370. The van der Waals surface area contributed by atoms with Crippen molar-refractivity contribution < 1.29 is 14.3 Å². The van der Waals surface area contributed by atoms with E-state index in [-0.39, 0.29) is 12.2 Å². The zero-order valence-corrected chi connectivity index (χ0v) is 7.90. The topological polar surface area (TPSA) is 47.9 Å². The fourth-order valence-corrected chi connectivity index (χ4v) is 0.427. The highest BCUT2D eigenvalue weighted by Crippen LogP contribution is 1.91. The minimum absolute atomic E-state index is 0.0283. The van der Waals surface area contributed by atoms with E-state index < -0.39 is 6.09 Å². The van der Waals surface area contributed by atoms with E-state index in [1.54, 1.807) is 13.8 Å². The third kappa shape index (κ3) is 7.05. The highest BCUT2D eigenvalue weighted by atomic mass is 16.6. The largest absolute Gasteiger partial charge is 0.480 e. The van der Waals surface area contributed by atoms with E-state index in [1.165, 1.54) is 0 Å². The van der Waals surface area contributed by atoms with Crippen LogP contribution in [-0.4, -0.2) is 24.7 Å². The monoisotopic (exact) mass is 173 g/mol. The quantitative estimate of drug-likeness (QED) is 0.484. The van der Waals surface area contributed by atoms with Crippen molar-refractivity contribution in [3.8, 4) is 0 Å². The minimum Gasteiger partial charge on any atom is -0.480 e. The van der Waals surface area contributed by atoms with E-state index in [0.717, 1.165) is 6.40 Å². The number of carbonyl (C=O) groups excluding carboxylic acids is 1. The van der Waals surface area contributed by atoms with E-state index in [1.807, 2.05) is 13.8 Å². The summed E-state index contributed by atoms with van der Waals surface area (Å²) in [7, 11) is 0. The van der Waals surface area contributed by atoms with Crippen molar-refractivity contribution >= 4 is 12.5 Å². The molecule has 0 aromatic rings. The predicted octanol–water partition coefficient (Wildman–Crippen LogP) is 1.98. The van der Waals surface area contributed by atoms with Crippen LogP contribution in [0.5, 0.6) is 0 Å². The highest BCUT2D eigenvalue weighted by Gasteiger charge is 2.00. The second-order valence-electron chi connectivity index (χ2n) is 2.85. The highest BCUT2D eigenvalue weighted by molar-refractivity contribution is 5.76. The Kier molecular flexibility index (Phi) is 5.08. The van der Waals surface area contributed by atoms with Crippen LogP contribution in [0.4, 0.5) is 4.79 Å². The lowest BCUT2D eigenvalue weighted by Gasteiger charge is -2.04. The maximum absolute atomic E-state index is 10.7. The van der Waals surface area contributed by atoms with Crippen molar-refractivity contribution in [2.24, 2.45) is 4.99 Å². The third-order valence-corrected chi connectivity index (χ3v) is 0.828. The second kappa shape index (κ2) is 5.57. The van der Waals surface area contributed by atoms with Crippen LogP contribution in [0, 0.1) is 0 Å². The van der Waals surface area contributed by atoms with Crippen molar-refractivity contribution in [2.75, 3.05) is 0 Å². The van der Waals surface area contributed by atoms with Crippen LogP contribution in [0.2, 0.25) is 0 Å². The fourth-order valence-electron chi connectivity index (χ4n) is 0.427. The number of ether oxygens (including phenoxy) is 2. The van der Waals surface area contributed by atoms with Crippen LogP contribution in [0.1, 0.15) is 27.7 Å². The molecular formula is C8H15NO3. The van der Waals surface area contributed by atoms with Crippen LogP contribution in [0.3, 0.4) is 0 Å². The molecular weight excluding hydrogens is 158 g/mol. The molecule has 0 aliphatic heterocycles. The Morgan fingerprint density at radius 3 is 2.25 bits per heavy atom. The molecule has 12 heavy (non-hydrogen) atoms. The summed E-state index contributed by atoms with van der Waals surface area (Å²) in [4.78, 5) is 14.1. The summed E-state index contributed by atoms with van der Waals surface area (Å²) >= 11 is 0. The van der Waals surface area contributed by atoms with Gasteiger partial charge in [-0.15, -0.1) is 4.99 Å². The van der Waals surface area contributed by atoms with Gasteiger partial charge in [0.2, 0.25) is 0 Å². The fraction of sp³-hybridized carbons (Fsp3) is 0.750. The SMILES string of the molecule is CC(C)OC=NC(=O)OC(C)C. The van der Waals surface area contributed by atoms with E-state index in [2.05, 4.69) is 4.99 Å². The predicted molar refractivity (Wildman–Crippen MR) is 46.3 cm³/mol. The lowest BCUT2D eigenvalue weighted by atomic mass is 10.5. The molecule has 0 aromatic carbocycles. The number of amides is 1. The van der Waals surface area contributed by atoms with Gasteiger partial charge >= 0.3 is 6.09 Å². The first-order valence-electron chi connectivity index (χ1n) is 3.91. The van der Waals surface area contributed by atoms with E-state index >= 15 is 0 Å². The minimum atomic E-state index is -0.620. The molecule has 0 saturated carbocycles. The van der Waals surface area contributed by atoms with Gasteiger partial charge in [0.1, 0.15) is 0 Å². The van der Waals surface area contributed by atoms with Gasteiger partial charge in [-0.2, -0.15) is 0 Å². The van der Waals surface area contributed by atoms with Crippen LogP contribution in [-0.2, 0) is 9.47 Å². The molecule has 4 nitrogen and oxygen atoms in total. The van der Waals surface area contributed by atoms with Crippen molar-refractivity contribution in [2.45, 2.75) is 39.9 Å². The first-order chi connectivity index (χ1) is 5.52. The lowest BCUT2D eigenvalue weighted by molar-refractivity contribution is 0.125. The molecule has 70 valence electrons. The lowest BCUT2D eigenvalue weighted by Crippen LogP contribution is -2.08. The smallest absolute Gasteiger partial charge is 0.436 e. The van der Waals surface area contributed by atoms with Crippen molar-refractivity contribution in [3.05, 3.63) is 0 Å². The van der Waals surface area contributed by atoms with Crippen molar-refractivity contribution in [3.63, 3.8) is 0 Å². The molecule has 0 unspecified atom stereocenters. The summed E-state index contributed by atoms with van der Waals surface area (Å²) in [5, 5.41) is 0. The van der Waals surface area contributed by atoms with Gasteiger partial charge in [-0.3, -0.25) is 0 Å². The van der Waals surface area contributed by atoms with Crippen molar-refractivity contribution in [1.82, 2.24) is 0 Å². The number of hydrogen-bond donors (Lipinski definition) is 0.